The van der Waals surface area contributed by atoms with E-state index in [1.165, 1.54) is 38.8 Å². The Morgan fingerprint density at radius 3 is 2.69 bits per heavy atom. The van der Waals surface area contributed by atoms with Crippen molar-refractivity contribution in [2.75, 3.05) is 18.4 Å². The van der Waals surface area contributed by atoms with Crippen LogP contribution in [-0.4, -0.2) is 46.5 Å². The molecule has 1 aliphatic heterocycles. The number of nitrogens with zero attached hydrogens (tertiary/aromatic N) is 4. The van der Waals surface area contributed by atoms with Crippen LogP contribution in [0.1, 0.15) is 23.2 Å². The molecule has 1 saturated heterocycles. The quantitative estimate of drug-likeness (QED) is 0.479. The summed E-state index contributed by atoms with van der Waals surface area (Å²) in [6, 6.07) is 10.9. The van der Waals surface area contributed by atoms with Crippen molar-refractivity contribution < 1.29 is 17.6 Å². The molecule has 3 heterocycles. The van der Waals surface area contributed by atoms with E-state index in [2.05, 4.69) is 15.4 Å². The molecule has 2 aromatic carbocycles. The van der Waals surface area contributed by atoms with E-state index < -0.39 is 21.7 Å². The van der Waals surface area contributed by atoms with E-state index in [1.807, 2.05) is 0 Å². The van der Waals surface area contributed by atoms with Crippen molar-refractivity contribution in [1.82, 2.24) is 19.1 Å². The van der Waals surface area contributed by atoms with Crippen LogP contribution in [0.25, 0.3) is 15.9 Å². The summed E-state index contributed by atoms with van der Waals surface area (Å²) in [4.78, 5) is 17.2. The van der Waals surface area contributed by atoms with Crippen LogP contribution in [0.2, 0.25) is 0 Å². The van der Waals surface area contributed by atoms with Crippen molar-refractivity contribution in [2.24, 2.45) is 0 Å². The molecule has 1 amide bonds. The first kappa shape index (κ1) is 20.7. The van der Waals surface area contributed by atoms with Gasteiger partial charge in [-0.2, -0.15) is 9.40 Å². The minimum Gasteiger partial charge on any atom is -0.298 e. The molecule has 1 fully saturated rings. The average Bonchev–Trinajstić information content (AvgIpc) is 3.53. The molecule has 0 spiro atoms. The smallest absolute Gasteiger partial charge is 0.260 e. The summed E-state index contributed by atoms with van der Waals surface area (Å²) in [6.07, 6.45) is 4.51. The number of para-hydroxylation sites is 1. The summed E-state index contributed by atoms with van der Waals surface area (Å²) < 4.78 is 43.0. The van der Waals surface area contributed by atoms with E-state index in [0.29, 0.717) is 28.4 Å². The third-order valence-corrected chi connectivity index (χ3v) is 8.06. The van der Waals surface area contributed by atoms with Crippen molar-refractivity contribution in [2.45, 2.75) is 17.7 Å². The summed E-state index contributed by atoms with van der Waals surface area (Å²) >= 11 is 1.19. The Hall–Kier alpha value is -3.15. The predicted molar refractivity (Wildman–Crippen MR) is 119 cm³/mol. The maximum absolute atomic E-state index is 14.0. The third kappa shape index (κ3) is 3.78. The minimum atomic E-state index is -3.53. The van der Waals surface area contributed by atoms with Crippen molar-refractivity contribution in [3.05, 3.63) is 66.2 Å². The first-order chi connectivity index (χ1) is 15.4. The lowest BCUT2D eigenvalue weighted by atomic mass is 10.3. The Balaban J connectivity index is 1.37. The summed E-state index contributed by atoms with van der Waals surface area (Å²) in [6.45, 7) is 1.07. The number of amides is 1. The first-order valence-corrected chi connectivity index (χ1v) is 12.2. The fourth-order valence-corrected chi connectivity index (χ4v) is 6.09. The van der Waals surface area contributed by atoms with E-state index in [0.717, 1.165) is 12.8 Å². The topological polar surface area (TPSA) is 97.2 Å². The molecular weight excluding hydrogens is 453 g/mol. The van der Waals surface area contributed by atoms with Crippen molar-refractivity contribution in [1.29, 1.82) is 0 Å². The van der Waals surface area contributed by atoms with E-state index in [4.69, 9.17) is 0 Å². The monoisotopic (exact) mass is 471 g/mol. The molecule has 0 atom stereocenters. The maximum Gasteiger partial charge on any atom is 0.260 e. The van der Waals surface area contributed by atoms with Crippen LogP contribution in [0.5, 0.6) is 0 Å². The molecule has 5 rings (SSSR count). The molecule has 164 valence electrons. The second kappa shape index (κ2) is 8.08. The van der Waals surface area contributed by atoms with Crippen molar-refractivity contribution in [3.8, 4) is 5.69 Å². The van der Waals surface area contributed by atoms with Crippen LogP contribution < -0.4 is 5.32 Å². The second-order valence-corrected chi connectivity index (χ2v) is 10.3. The highest BCUT2D eigenvalue weighted by Crippen LogP contribution is 2.30. The van der Waals surface area contributed by atoms with Gasteiger partial charge in [0.05, 0.1) is 26.9 Å². The average molecular weight is 472 g/mol. The molecule has 4 aromatic rings. The Morgan fingerprint density at radius 1 is 1.12 bits per heavy atom. The number of hydrogen-bond donors (Lipinski definition) is 1. The van der Waals surface area contributed by atoms with Gasteiger partial charge in [-0.05, 0) is 43.2 Å². The van der Waals surface area contributed by atoms with Gasteiger partial charge in [-0.1, -0.05) is 23.5 Å². The number of sulfonamides is 1. The van der Waals surface area contributed by atoms with Gasteiger partial charge in [-0.15, -0.1) is 0 Å². The molecule has 1 N–H and O–H groups in total. The van der Waals surface area contributed by atoms with Gasteiger partial charge in [-0.3, -0.25) is 10.1 Å². The highest BCUT2D eigenvalue weighted by atomic mass is 32.2. The molecule has 11 heteroatoms. The lowest BCUT2D eigenvalue weighted by molar-refractivity contribution is 0.102. The zero-order valence-corrected chi connectivity index (χ0v) is 18.4. The Kier molecular flexibility index (Phi) is 5.24. The number of benzene rings is 2. The molecule has 0 bridgehead atoms. The fourth-order valence-electron chi connectivity index (χ4n) is 3.58. The molecule has 0 unspecified atom stereocenters. The van der Waals surface area contributed by atoms with Gasteiger partial charge in [0.25, 0.3) is 5.91 Å². The number of anilines is 1. The predicted octanol–water partition coefficient (Wildman–Crippen LogP) is 3.66. The van der Waals surface area contributed by atoms with Crippen LogP contribution in [0.15, 0.2) is 59.8 Å². The summed E-state index contributed by atoms with van der Waals surface area (Å²) in [7, 11) is -3.53. The zero-order valence-electron chi connectivity index (χ0n) is 16.7. The molecule has 8 nitrogen and oxygen atoms in total. The number of nitrogens with one attached hydrogen (secondary N) is 1. The van der Waals surface area contributed by atoms with Crippen LogP contribution >= 0.6 is 11.3 Å². The van der Waals surface area contributed by atoms with Crippen LogP contribution in [-0.2, 0) is 10.0 Å². The van der Waals surface area contributed by atoms with E-state index in [-0.39, 0.29) is 16.1 Å². The molecule has 0 radical (unpaired) electrons. The zero-order chi connectivity index (χ0) is 22.3. The SMILES string of the molecule is O=C(Nc1nc2ccc(S(=O)(=O)N3CCCC3)cc2s1)c1cnn(-c2ccccc2F)c1. The normalized spacial score (nSPS) is 14.8. The van der Waals surface area contributed by atoms with Gasteiger partial charge in [0, 0.05) is 19.3 Å². The molecular formula is C21H18FN5O3S2. The maximum atomic E-state index is 14.0. The van der Waals surface area contributed by atoms with Crippen LogP contribution in [0.3, 0.4) is 0 Å². The number of fused-ring (bicyclic) bond motifs is 1. The number of aromatic nitrogens is 3. The minimum absolute atomic E-state index is 0.222. The van der Waals surface area contributed by atoms with Crippen LogP contribution in [0.4, 0.5) is 9.52 Å². The number of rotatable bonds is 5. The number of carbonyl (C=O) groups excluding carboxylic acids is 1. The number of halogens is 1. The largest absolute Gasteiger partial charge is 0.298 e. The highest BCUT2D eigenvalue weighted by Gasteiger charge is 2.27. The summed E-state index contributed by atoms with van der Waals surface area (Å²) in [5, 5.41) is 7.09. The van der Waals surface area contributed by atoms with E-state index in [9.17, 15) is 17.6 Å². The first-order valence-electron chi connectivity index (χ1n) is 9.93. The summed E-state index contributed by atoms with van der Waals surface area (Å²) in [5.74, 6) is -0.898. The number of hydrogen-bond acceptors (Lipinski definition) is 6. The van der Waals surface area contributed by atoms with Crippen molar-refractivity contribution >= 4 is 42.6 Å². The van der Waals surface area contributed by atoms with Gasteiger partial charge < -0.3 is 0 Å². The van der Waals surface area contributed by atoms with Gasteiger partial charge in [0.2, 0.25) is 10.0 Å². The molecule has 0 saturated carbocycles. The standard InChI is InChI=1S/C21H18FN5O3S2/c22-16-5-1-2-6-18(16)27-13-14(12-23-27)20(28)25-21-24-17-8-7-15(11-19(17)31-21)32(29,30)26-9-3-4-10-26/h1-2,5-8,11-13H,3-4,9-10H2,(H,24,25,28). The van der Waals surface area contributed by atoms with Gasteiger partial charge >= 0.3 is 0 Å². The van der Waals surface area contributed by atoms with E-state index >= 15 is 0 Å². The molecule has 2 aromatic heterocycles. The lowest BCUT2D eigenvalue weighted by Crippen LogP contribution is -2.27. The Morgan fingerprint density at radius 2 is 1.91 bits per heavy atom. The van der Waals surface area contributed by atoms with E-state index in [1.54, 1.807) is 36.4 Å². The fraction of sp³-hybridized carbons (Fsp3) is 0.190. The molecule has 32 heavy (non-hydrogen) atoms. The van der Waals surface area contributed by atoms with Crippen molar-refractivity contribution in [3.63, 3.8) is 0 Å². The molecule has 1 aliphatic rings. The van der Waals surface area contributed by atoms with Gasteiger partial charge in [-0.25, -0.2) is 22.5 Å². The molecule has 0 aliphatic carbocycles. The van der Waals surface area contributed by atoms with Crippen LogP contribution in [0, 0.1) is 5.82 Å². The van der Waals surface area contributed by atoms with Gasteiger partial charge in [0.15, 0.2) is 5.13 Å². The lowest BCUT2D eigenvalue weighted by Gasteiger charge is -2.15. The third-order valence-electron chi connectivity index (χ3n) is 5.23. The summed E-state index contributed by atoms with van der Waals surface area (Å²) in [5.41, 5.74) is 1.07. The number of thiazole rings is 1. The Bertz CT molecular complexity index is 1420. The Labute approximate surface area is 187 Å². The highest BCUT2D eigenvalue weighted by molar-refractivity contribution is 7.89. The number of carbonyl (C=O) groups is 1. The second-order valence-electron chi connectivity index (χ2n) is 7.34. The van der Waals surface area contributed by atoms with Gasteiger partial charge in [0.1, 0.15) is 11.5 Å².